The van der Waals surface area contributed by atoms with E-state index in [4.69, 9.17) is 18.9 Å². The molecule has 1 unspecified atom stereocenters. The summed E-state index contributed by atoms with van der Waals surface area (Å²) < 4.78 is 22.9. The Labute approximate surface area is 268 Å². The first-order valence-corrected chi connectivity index (χ1v) is 18.9. The zero-order valence-corrected chi connectivity index (χ0v) is 29.2. The van der Waals surface area contributed by atoms with E-state index >= 15 is 0 Å². The van der Waals surface area contributed by atoms with Crippen LogP contribution >= 0.6 is 0 Å². The highest BCUT2D eigenvalue weighted by atomic mass is 16.6. The third-order valence-electron chi connectivity index (χ3n) is 8.06. The van der Waals surface area contributed by atoms with Gasteiger partial charge in [0.2, 0.25) is 0 Å². The van der Waals surface area contributed by atoms with E-state index in [0.29, 0.717) is 33.0 Å². The molecule has 1 N–H and O–H groups in total. The Morgan fingerprint density at radius 2 is 0.907 bits per heavy atom. The maximum Gasteiger partial charge on any atom is 0.407 e. The van der Waals surface area contributed by atoms with Crippen LogP contribution in [-0.2, 0) is 18.9 Å². The standard InChI is InChI=1S/C37H75NO5/c1-4-7-9-11-13-15-17-19-21-23-25-27-31-41-34-36(35-43-37(39)38-29-33-40-30-6-3)42-32-28-26-24-22-20-18-16-14-12-10-8-5-2/h36H,4-35H2,1-3H3,(H,38,39). The van der Waals surface area contributed by atoms with Gasteiger partial charge >= 0.3 is 6.09 Å². The van der Waals surface area contributed by atoms with Crippen molar-refractivity contribution in [3.63, 3.8) is 0 Å². The topological polar surface area (TPSA) is 66.0 Å². The number of alkyl carbamates (subject to hydrolysis) is 1. The molecular weight excluding hydrogens is 538 g/mol. The van der Waals surface area contributed by atoms with E-state index in [-0.39, 0.29) is 12.7 Å². The van der Waals surface area contributed by atoms with Gasteiger partial charge in [-0.05, 0) is 19.3 Å². The lowest BCUT2D eigenvalue weighted by atomic mass is 10.1. The Balaban J connectivity index is 3.96. The van der Waals surface area contributed by atoms with Crippen molar-refractivity contribution in [2.45, 2.75) is 187 Å². The maximum absolute atomic E-state index is 12.1. The highest BCUT2D eigenvalue weighted by molar-refractivity contribution is 5.67. The minimum Gasteiger partial charge on any atom is -0.447 e. The third-order valence-corrected chi connectivity index (χ3v) is 8.06. The van der Waals surface area contributed by atoms with Crippen LogP contribution in [0.15, 0.2) is 0 Å². The van der Waals surface area contributed by atoms with Crippen LogP contribution in [-0.4, -0.2) is 58.4 Å². The lowest BCUT2D eigenvalue weighted by Gasteiger charge is -2.18. The van der Waals surface area contributed by atoms with Crippen LogP contribution < -0.4 is 5.32 Å². The van der Waals surface area contributed by atoms with Crippen LogP contribution in [0.2, 0.25) is 0 Å². The molecule has 0 saturated carbocycles. The summed E-state index contributed by atoms with van der Waals surface area (Å²) in [7, 11) is 0. The molecule has 258 valence electrons. The van der Waals surface area contributed by atoms with E-state index in [1.165, 1.54) is 141 Å². The SMILES string of the molecule is CCCCCCCCCCCCCCOCC(COC(=O)NCCOCCC)OCCCCCCCCCCCCCC. The summed E-state index contributed by atoms with van der Waals surface area (Å²) in [5.74, 6) is 0. The molecule has 0 saturated heterocycles. The van der Waals surface area contributed by atoms with Crippen molar-refractivity contribution in [1.82, 2.24) is 5.32 Å². The van der Waals surface area contributed by atoms with E-state index < -0.39 is 6.09 Å². The number of carbonyl (C=O) groups is 1. The van der Waals surface area contributed by atoms with Gasteiger partial charge < -0.3 is 24.3 Å². The molecule has 43 heavy (non-hydrogen) atoms. The van der Waals surface area contributed by atoms with Crippen molar-refractivity contribution in [1.29, 1.82) is 0 Å². The number of ether oxygens (including phenoxy) is 4. The van der Waals surface area contributed by atoms with Crippen molar-refractivity contribution in [2.24, 2.45) is 0 Å². The number of hydrogen-bond donors (Lipinski definition) is 1. The fourth-order valence-electron chi connectivity index (χ4n) is 5.29. The quantitative estimate of drug-likeness (QED) is 0.0712. The number of amides is 1. The van der Waals surface area contributed by atoms with Crippen molar-refractivity contribution >= 4 is 6.09 Å². The van der Waals surface area contributed by atoms with E-state index in [0.717, 1.165) is 25.9 Å². The number of hydrogen-bond acceptors (Lipinski definition) is 5. The van der Waals surface area contributed by atoms with Gasteiger partial charge in [0.1, 0.15) is 12.7 Å². The first-order chi connectivity index (χ1) is 21.2. The van der Waals surface area contributed by atoms with Crippen molar-refractivity contribution in [3.05, 3.63) is 0 Å². The summed E-state index contributed by atoms with van der Waals surface area (Å²) in [6.45, 7) is 10.4. The van der Waals surface area contributed by atoms with Gasteiger partial charge in [0.25, 0.3) is 0 Å². The Morgan fingerprint density at radius 1 is 0.465 bits per heavy atom. The van der Waals surface area contributed by atoms with E-state index in [1.807, 2.05) is 0 Å². The monoisotopic (exact) mass is 614 g/mol. The second-order valence-corrected chi connectivity index (χ2v) is 12.5. The first kappa shape index (κ1) is 42.1. The molecule has 0 aliphatic heterocycles. The zero-order chi connectivity index (χ0) is 31.3. The number of rotatable bonds is 36. The maximum atomic E-state index is 12.1. The van der Waals surface area contributed by atoms with E-state index in [9.17, 15) is 4.79 Å². The van der Waals surface area contributed by atoms with Crippen LogP contribution in [0.4, 0.5) is 4.79 Å². The first-order valence-electron chi connectivity index (χ1n) is 18.9. The zero-order valence-electron chi connectivity index (χ0n) is 29.2. The second-order valence-electron chi connectivity index (χ2n) is 12.5. The molecule has 0 aromatic heterocycles. The lowest BCUT2D eigenvalue weighted by molar-refractivity contribution is -0.0469. The molecule has 0 aromatic rings. The summed E-state index contributed by atoms with van der Waals surface area (Å²) in [5.41, 5.74) is 0. The van der Waals surface area contributed by atoms with Crippen LogP contribution in [0, 0.1) is 0 Å². The highest BCUT2D eigenvalue weighted by Gasteiger charge is 2.13. The van der Waals surface area contributed by atoms with Crippen LogP contribution in [0.25, 0.3) is 0 Å². The molecular formula is C37H75NO5. The second kappa shape index (κ2) is 37.3. The normalized spacial score (nSPS) is 12.1. The van der Waals surface area contributed by atoms with Gasteiger partial charge in [-0.2, -0.15) is 0 Å². The van der Waals surface area contributed by atoms with Gasteiger partial charge in [0.15, 0.2) is 0 Å². The number of carbonyl (C=O) groups excluding carboxylic acids is 1. The van der Waals surface area contributed by atoms with Gasteiger partial charge in [-0.1, -0.05) is 162 Å². The van der Waals surface area contributed by atoms with Crippen molar-refractivity contribution in [2.75, 3.05) is 46.2 Å². The molecule has 0 aromatic carbocycles. The van der Waals surface area contributed by atoms with Gasteiger partial charge in [-0.25, -0.2) is 4.79 Å². The summed E-state index contributed by atoms with van der Waals surface area (Å²) in [6.07, 6.45) is 32.3. The van der Waals surface area contributed by atoms with Crippen LogP contribution in [0.3, 0.4) is 0 Å². The molecule has 0 radical (unpaired) electrons. The summed E-state index contributed by atoms with van der Waals surface area (Å²) in [5, 5.41) is 2.75. The molecule has 0 fully saturated rings. The number of unbranched alkanes of at least 4 members (excludes halogenated alkanes) is 22. The summed E-state index contributed by atoms with van der Waals surface area (Å²) in [6, 6.07) is 0. The molecule has 0 aliphatic carbocycles. The Morgan fingerprint density at radius 3 is 1.37 bits per heavy atom. The largest absolute Gasteiger partial charge is 0.447 e. The van der Waals surface area contributed by atoms with Gasteiger partial charge in [-0.15, -0.1) is 0 Å². The van der Waals surface area contributed by atoms with E-state index in [1.54, 1.807) is 0 Å². The van der Waals surface area contributed by atoms with E-state index in [2.05, 4.69) is 26.1 Å². The van der Waals surface area contributed by atoms with Gasteiger partial charge in [-0.3, -0.25) is 0 Å². The molecule has 1 amide bonds. The predicted octanol–water partition coefficient (Wildman–Crippen LogP) is 10.9. The highest BCUT2D eigenvalue weighted by Crippen LogP contribution is 2.13. The van der Waals surface area contributed by atoms with Crippen LogP contribution in [0.5, 0.6) is 0 Å². The van der Waals surface area contributed by atoms with Gasteiger partial charge in [0, 0.05) is 26.4 Å². The van der Waals surface area contributed by atoms with Crippen molar-refractivity contribution in [3.8, 4) is 0 Å². The average Bonchev–Trinajstić information content (AvgIpc) is 3.01. The molecule has 0 heterocycles. The number of nitrogens with one attached hydrogen (secondary N) is 1. The Bertz CT molecular complexity index is 533. The third kappa shape index (κ3) is 35.5. The minimum absolute atomic E-state index is 0.216. The van der Waals surface area contributed by atoms with Crippen LogP contribution in [0.1, 0.15) is 181 Å². The minimum atomic E-state index is -0.417. The molecule has 6 nitrogen and oxygen atoms in total. The Kier molecular flexibility index (Phi) is 36.6. The predicted molar refractivity (Wildman–Crippen MR) is 183 cm³/mol. The fraction of sp³-hybridized carbons (Fsp3) is 0.973. The molecule has 1 atom stereocenters. The fourth-order valence-corrected chi connectivity index (χ4v) is 5.29. The lowest BCUT2D eigenvalue weighted by Crippen LogP contribution is -2.33. The summed E-state index contributed by atoms with van der Waals surface area (Å²) >= 11 is 0. The molecule has 0 rings (SSSR count). The Hall–Kier alpha value is -0.850. The molecule has 0 aliphatic rings. The average molecular weight is 614 g/mol. The smallest absolute Gasteiger partial charge is 0.407 e. The molecule has 0 bridgehead atoms. The van der Waals surface area contributed by atoms with Gasteiger partial charge in [0.05, 0.1) is 13.2 Å². The van der Waals surface area contributed by atoms with Crippen molar-refractivity contribution < 1.29 is 23.7 Å². The summed E-state index contributed by atoms with van der Waals surface area (Å²) in [4.78, 5) is 12.1. The molecule has 6 heteroatoms. The molecule has 0 spiro atoms.